The van der Waals surface area contributed by atoms with Crippen LogP contribution in [0.2, 0.25) is 0 Å². The molecule has 0 aliphatic heterocycles. The topological polar surface area (TPSA) is 0 Å². The van der Waals surface area contributed by atoms with Gasteiger partial charge < -0.3 is 0 Å². The minimum absolute atomic E-state index is 0.668. The number of hydrogen-bond acceptors (Lipinski definition) is 0. The van der Waals surface area contributed by atoms with Crippen LogP contribution in [-0.2, 0) is 0 Å². The Hall–Kier alpha value is -1.37. The SMILES string of the molecule is [B]c1ccc(-c2cc([B])cc([B])c2)cc1. The third-order valence-electron chi connectivity index (χ3n) is 2.22. The highest BCUT2D eigenvalue weighted by Gasteiger charge is 1.98. The third-order valence-corrected chi connectivity index (χ3v) is 2.22. The highest BCUT2D eigenvalue weighted by Crippen LogP contribution is 2.15. The van der Waals surface area contributed by atoms with Crippen LogP contribution < -0.4 is 16.4 Å². The van der Waals surface area contributed by atoms with Crippen LogP contribution in [0.15, 0.2) is 42.5 Å². The summed E-state index contributed by atoms with van der Waals surface area (Å²) in [5.41, 5.74) is 4.15. The Morgan fingerprint density at radius 1 is 0.533 bits per heavy atom. The first kappa shape index (κ1) is 10.2. The predicted molar refractivity (Wildman–Crippen MR) is 68.0 cm³/mol. The summed E-state index contributed by atoms with van der Waals surface area (Å²) in [6.45, 7) is 0. The second kappa shape index (κ2) is 4.02. The van der Waals surface area contributed by atoms with Gasteiger partial charge in [-0.15, -0.1) is 0 Å². The van der Waals surface area contributed by atoms with Gasteiger partial charge in [0.05, 0.1) is 0 Å². The lowest BCUT2D eigenvalue weighted by Gasteiger charge is -2.06. The van der Waals surface area contributed by atoms with Crippen molar-refractivity contribution in [2.75, 3.05) is 0 Å². The molecular weight excluding hydrogens is 177 g/mol. The van der Waals surface area contributed by atoms with E-state index < -0.39 is 0 Å². The van der Waals surface area contributed by atoms with Gasteiger partial charge in [-0.1, -0.05) is 58.9 Å². The zero-order chi connectivity index (χ0) is 10.8. The Labute approximate surface area is 93.9 Å². The average Bonchev–Trinajstić information content (AvgIpc) is 2.17. The van der Waals surface area contributed by atoms with Gasteiger partial charge in [-0.05, 0) is 11.1 Å². The molecule has 0 spiro atoms. The van der Waals surface area contributed by atoms with Crippen molar-refractivity contribution in [2.45, 2.75) is 0 Å². The number of rotatable bonds is 1. The van der Waals surface area contributed by atoms with Crippen LogP contribution in [0.5, 0.6) is 0 Å². The van der Waals surface area contributed by atoms with E-state index in [1.165, 1.54) is 0 Å². The van der Waals surface area contributed by atoms with Crippen molar-refractivity contribution in [2.24, 2.45) is 0 Å². The molecule has 0 aliphatic rings. The summed E-state index contributed by atoms with van der Waals surface area (Å²) in [6, 6.07) is 13.1. The van der Waals surface area contributed by atoms with E-state index in [9.17, 15) is 0 Å². The maximum atomic E-state index is 5.72. The van der Waals surface area contributed by atoms with Crippen LogP contribution in [0, 0.1) is 0 Å². The first-order chi connectivity index (χ1) is 7.15. The summed E-state index contributed by atoms with van der Waals surface area (Å²) in [4.78, 5) is 0. The molecule has 0 nitrogen and oxygen atoms in total. The molecule has 0 aromatic heterocycles. The molecule has 6 radical (unpaired) electrons. The van der Waals surface area contributed by atoms with Crippen molar-refractivity contribution in [1.82, 2.24) is 0 Å². The maximum absolute atomic E-state index is 5.72. The summed E-state index contributed by atoms with van der Waals surface area (Å²) in [5.74, 6) is 0. The molecule has 0 heterocycles. The summed E-state index contributed by atoms with van der Waals surface area (Å²) < 4.78 is 0. The summed E-state index contributed by atoms with van der Waals surface area (Å²) in [7, 11) is 17.1. The standard InChI is InChI=1S/C12H7B3/c13-10-3-1-8(2-4-10)9-5-11(14)7-12(15)6-9/h1-7H. The Bertz CT molecular complexity index is 454. The summed E-state index contributed by atoms with van der Waals surface area (Å²) in [6.07, 6.45) is 0. The van der Waals surface area contributed by atoms with Crippen LogP contribution in [0.25, 0.3) is 11.1 Å². The summed E-state index contributed by atoms with van der Waals surface area (Å²) >= 11 is 0. The van der Waals surface area contributed by atoms with Crippen molar-refractivity contribution in [1.29, 1.82) is 0 Å². The Kier molecular flexibility index (Phi) is 2.72. The minimum atomic E-state index is 0.668. The van der Waals surface area contributed by atoms with Gasteiger partial charge in [0.15, 0.2) is 0 Å². The monoisotopic (exact) mass is 184 g/mol. The molecule has 2 aromatic carbocycles. The maximum Gasteiger partial charge on any atom is 0.113 e. The van der Waals surface area contributed by atoms with Gasteiger partial charge in [0.2, 0.25) is 0 Å². The Morgan fingerprint density at radius 2 is 1.07 bits per heavy atom. The van der Waals surface area contributed by atoms with Gasteiger partial charge in [-0.25, -0.2) is 0 Å². The van der Waals surface area contributed by atoms with Crippen LogP contribution in [0.4, 0.5) is 0 Å². The molecule has 0 fully saturated rings. The molecule has 2 rings (SSSR count). The Morgan fingerprint density at radius 3 is 1.60 bits per heavy atom. The van der Waals surface area contributed by atoms with E-state index in [-0.39, 0.29) is 0 Å². The molecule has 0 saturated carbocycles. The average molecular weight is 184 g/mol. The minimum Gasteiger partial charge on any atom is -0.0966 e. The lowest BCUT2D eigenvalue weighted by molar-refractivity contribution is 1.68. The van der Waals surface area contributed by atoms with Crippen molar-refractivity contribution in [3.63, 3.8) is 0 Å². The summed E-state index contributed by atoms with van der Waals surface area (Å²) in [5, 5.41) is 0. The van der Waals surface area contributed by atoms with Gasteiger partial charge >= 0.3 is 0 Å². The van der Waals surface area contributed by atoms with E-state index in [0.29, 0.717) is 10.9 Å². The normalized spacial score (nSPS) is 10.1. The molecule has 0 unspecified atom stereocenters. The van der Waals surface area contributed by atoms with E-state index in [1.54, 1.807) is 6.07 Å². The first-order valence-corrected chi connectivity index (χ1v) is 4.67. The smallest absolute Gasteiger partial charge is 0.0966 e. The van der Waals surface area contributed by atoms with Gasteiger partial charge in [-0.3, -0.25) is 0 Å². The molecule has 3 heteroatoms. The van der Waals surface area contributed by atoms with E-state index in [2.05, 4.69) is 0 Å². The molecule has 15 heavy (non-hydrogen) atoms. The molecule has 0 bridgehead atoms. The van der Waals surface area contributed by atoms with Gasteiger partial charge in [0.1, 0.15) is 23.5 Å². The largest absolute Gasteiger partial charge is 0.113 e. The van der Waals surface area contributed by atoms with Gasteiger partial charge in [0.25, 0.3) is 0 Å². The molecule has 0 N–H and O–H groups in total. The molecule has 0 atom stereocenters. The number of benzene rings is 2. The van der Waals surface area contributed by atoms with E-state index in [0.717, 1.165) is 16.6 Å². The zero-order valence-corrected chi connectivity index (χ0v) is 8.27. The van der Waals surface area contributed by atoms with Crippen molar-refractivity contribution in [3.05, 3.63) is 42.5 Å². The third kappa shape index (κ3) is 2.35. The van der Waals surface area contributed by atoms with Crippen LogP contribution in [0.1, 0.15) is 0 Å². The van der Waals surface area contributed by atoms with E-state index >= 15 is 0 Å². The van der Waals surface area contributed by atoms with E-state index in [1.807, 2.05) is 36.4 Å². The van der Waals surface area contributed by atoms with Gasteiger partial charge in [-0.2, -0.15) is 0 Å². The second-order valence-electron chi connectivity index (χ2n) is 3.51. The fourth-order valence-corrected chi connectivity index (χ4v) is 1.52. The highest BCUT2D eigenvalue weighted by molar-refractivity contribution is 6.38. The van der Waals surface area contributed by atoms with Crippen LogP contribution in [-0.4, -0.2) is 23.5 Å². The quantitative estimate of drug-likeness (QED) is 0.535. The molecule has 64 valence electrons. The highest BCUT2D eigenvalue weighted by atomic mass is 14.0. The van der Waals surface area contributed by atoms with Crippen molar-refractivity contribution in [3.8, 4) is 11.1 Å². The van der Waals surface area contributed by atoms with Crippen molar-refractivity contribution >= 4 is 39.9 Å². The van der Waals surface area contributed by atoms with Crippen LogP contribution in [0.3, 0.4) is 0 Å². The number of hydrogen-bond donors (Lipinski definition) is 0. The fourth-order valence-electron chi connectivity index (χ4n) is 1.52. The Balaban J connectivity index is 2.49. The lowest BCUT2D eigenvalue weighted by atomic mass is 9.84. The molecule has 0 aliphatic carbocycles. The zero-order valence-electron chi connectivity index (χ0n) is 8.27. The molecular formula is C12H7B3. The first-order valence-electron chi connectivity index (χ1n) is 4.67. The molecule has 0 amide bonds. The predicted octanol–water partition coefficient (Wildman–Crippen LogP) is -0.265. The molecule has 2 aromatic rings. The van der Waals surface area contributed by atoms with E-state index in [4.69, 9.17) is 23.5 Å². The lowest BCUT2D eigenvalue weighted by Crippen LogP contribution is -2.13. The second-order valence-corrected chi connectivity index (χ2v) is 3.51. The fraction of sp³-hybridized carbons (Fsp3) is 0. The van der Waals surface area contributed by atoms with Gasteiger partial charge in [0, 0.05) is 0 Å². The van der Waals surface area contributed by atoms with Crippen molar-refractivity contribution < 1.29 is 0 Å². The molecule has 0 saturated heterocycles. The van der Waals surface area contributed by atoms with Crippen LogP contribution >= 0.6 is 0 Å².